The Morgan fingerprint density at radius 2 is 1.61 bits per heavy atom. The van der Waals surface area contributed by atoms with Crippen LogP contribution in [0.1, 0.15) is 34.1 Å². The Morgan fingerprint density at radius 1 is 0.957 bits per heavy atom. The van der Waals surface area contributed by atoms with Crippen molar-refractivity contribution in [2.24, 2.45) is 0 Å². The molecule has 0 aromatic heterocycles. The summed E-state index contributed by atoms with van der Waals surface area (Å²) in [7, 11) is 0. The number of aromatic carboxylic acids is 2. The van der Waals surface area contributed by atoms with Gasteiger partial charge in [-0.15, -0.1) is 0 Å². The predicted molar refractivity (Wildman–Crippen MR) is 82.7 cm³/mol. The molecule has 2 rings (SSSR count). The highest BCUT2D eigenvalue weighted by Crippen LogP contribution is 2.28. The molecule has 0 heterocycles. The van der Waals surface area contributed by atoms with Gasteiger partial charge in [0.2, 0.25) is 0 Å². The van der Waals surface area contributed by atoms with Crippen LogP contribution < -0.4 is 9.47 Å². The van der Waals surface area contributed by atoms with Crippen LogP contribution >= 0.6 is 0 Å². The molecule has 0 saturated carbocycles. The van der Waals surface area contributed by atoms with Crippen LogP contribution in [-0.4, -0.2) is 28.8 Å². The summed E-state index contributed by atoms with van der Waals surface area (Å²) in [5.41, 5.74) is -0.158. The monoisotopic (exact) mass is 316 g/mol. The van der Waals surface area contributed by atoms with E-state index < -0.39 is 11.9 Å². The van der Waals surface area contributed by atoms with Gasteiger partial charge in [-0.2, -0.15) is 0 Å². The van der Waals surface area contributed by atoms with Gasteiger partial charge in [-0.25, -0.2) is 9.59 Å². The lowest BCUT2D eigenvalue weighted by molar-refractivity contribution is 0.0678. The Morgan fingerprint density at radius 3 is 2.17 bits per heavy atom. The van der Waals surface area contributed by atoms with Crippen LogP contribution in [0.2, 0.25) is 0 Å². The van der Waals surface area contributed by atoms with E-state index in [4.69, 9.17) is 19.7 Å². The number of hydrogen-bond acceptors (Lipinski definition) is 4. The molecule has 2 aromatic carbocycles. The molecule has 0 amide bonds. The second-order valence-electron chi connectivity index (χ2n) is 4.74. The molecule has 2 N–H and O–H groups in total. The Kier molecular flexibility index (Phi) is 5.19. The van der Waals surface area contributed by atoms with Crippen LogP contribution in [0.25, 0.3) is 0 Å². The van der Waals surface area contributed by atoms with E-state index in [0.29, 0.717) is 18.1 Å². The van der Waals surface area contributed by atoms with E-state index in [0.717, 1.165) is 6.42 Å². The van der Waals surface area contributed by atoms with Gasteiger partial charge in [0, 0.05) is 0 Å². The smallest absolute Gasteiger partial charge is 0.339 e. The van der Waals surface area contributed by atoms with Crippen molar-refractivity contribution in [1.29, 1.82) is 0 Å². The second-order valence-corrected chi connectivity index (χ2v) is 4.74. The lowest BCUT2D eigenvalue weighted by Gasteiger charge is -2.10. The van der Waals surface area contributed by atoms with Gasteiger partial charge in [-0.3, -0.25) is 0 Å². The molecule has 6 nitrogen and oxygen atoms in total. The Labute approximate surface area is 132 Å². The Hall–Kier alpha value is -3.02. The zero-order valence-electron chi connectivity index (χ0n) is 12.5. The quantitative estimate of drug-likeness (QED) is 0.809. The molecular formula is C17H16O6. The Bertz CT molecular complexity index is 706. The first kappa shape index (κ1) is 16.4. The topological polar surface area (TPSA) is 93.1 Å². The van der Waals surface area contributed by atoms with E-state index in [2.05, 4.69) is 0 Å². The van der Waals surface area contributed by atoms with Crippen LogP contribution in [0.5, 0.6) is 17.2 Å². The van der Waals surface area contributed by atoms with Crippen molar-refractivity contribution in [2.75, 3.05) is 6.61 Å². The average Bonchev–Trinajstić information content (AvgIpc) is 2.54. The maximum Gasteiger partial charge on any atom is 0.339 e. The van der Waals surface area contributed by atoms with Crippen molar-refractivity contribution in [3.05, 3.63) is 53.6 Å². The number of carboxylic acids is 2. The number of carboxylic acid groups (broad SMARTS) is 2. The maximum absolute atomic E-state index is 11.2. The SMILES string of the molecule is CCCOc1ccc(Oc2cc(C(=O)O)ccc2C(=O)O)cc1. The number of carbonyl (C=O) groups is 2. The standard InChI is InChI=1S/C17H16O6/c1-2-9-22-12-4-6-13(7-5-12)23-15-10-11(16(18)19)3-8-14(15)17(20)21/h3-8,10H,2,9H2,1H3,(H,18,19)(H,20,21). The van der Waals surface area contributed by atoms with Crippen LogP contribution in [0.15, 0.2) is 42.5 Å². The van der Waals surface area contributed by atoms with Gasteiger partial charge in [0.1, 0.15) is 22.8 Å². The van der Waals surface area contributed by atoms with Gasteiger partial charge in [0.05, 0.1) is 12.2 Å². The van der Waals surface area contributed by atoms with E-state index >= 15 is 0 Å². The van der Waals surface area contributed by atoms with E-state index in [9.17, 15) is 9.59 Å². The predicted octanol–water partition coefficient (Wildman–Crippen LogP) is 3.66. The summed E-state index contributed by atoms with van der Waals surface area (Å²) in [6.45, 7) is 2.60. The van der Waals surface area contributed by atoms with Crippen molar-refractivity contribution in [2.45, 2.75) is 13.3 Å². The molecule has 0 atom stereocenters. The fourth-order valence-electron chi connectivity index (χ4n) is 1.87. The molecule has 0 saturated heterocycles. The highest BCUT2D eigenvalue weighted by molar-refractivity contribution is 5.94. The number of rotatable bonds is 7. The zero-order valence-corrected chi connectivity index (χ0v) is 12.5. The highest BCUT2D eigenvalue weighted by Gasteiger charge is 2.15. The lowest BCUT2D eigenvalue weighted by atomic mass is 10.1. The molecule has 0 aliphatic rings. The summed E-state index contributed by atoms with van der Waals surface area (Å²) < 4.78 is 11.0. The molecule has 0 bridgehead atoms. The fraction of sp³-hybridized carbons (Fsp3) is 0.176. The summed E-state index contributed by atoms with van der Waals surface area (Å²) in [6.07, 6.45) is 0.891. The summed E-state index contributed by atoms with van der Waals surface area (Å²) in [6, 6.07) is 10.3. The van der Waals surface area contributed by atoms with E-state index in [1.165, 1.54) is 18.2 Å². The van der Waals surface area contributed by atoms with Gasteiger partial charge in [0.25, 0.3) is 0 Å². The van der Waals surface area contributed by atoms with Crippen molar-refractivity contribution >= 4 is 11.9 Å². The minimum Gasteiger partial charge on any atom is -0.494 e. The largest absolute Gasteiger partial charge is 0.494 e. The van der Waals surface area contributed by atoms with Gasteiger partial charge in [0.15, 0.2) is 0 Å². The summed E-state index contributed by atoms with van der Waals surface area (Å²) in [5.74, 6) is -1.31. The van der Waals surface area contributed by atoms with Crippen LogP contribution in [0.3, 0.4) is 0 Å². The summed E-state index contributed by atoms with van der Waals surface area (Å²) in [4.78, 5) is 22.2. The van der Waals surface area contributed by atoms with Crippen LogP contribution in [0.4, 0.5) is 0 Å². The average molecular weight is 316 g/mol. The lowest BCUT2D eigenvalue weighted by Crippen LogP contribution is -2.03. The minimum absolute atomic E-state index is 0.0281. The molecule has 23 heavy (non-hydrogen) atoms. The molecule has 0 aliphatic carbocycles. The van der Waals surface area contributed by atoms with Gasteiger partial charge in [-0.05, 0) is 48.9 Å². The van der Waals surface area contributed by atoms with E-state index in [1.807, 2.05) is 6.92 Å². The third-order valence-corrected chi connectivity index (χ3v) is 2.98. The number of ether oxygens (including phenoxy) is 2. The molecule has 0 radical (unpaired) electrons. The first-order valence-corrected chi connectivity index (χ1v) is 7.02. The minimum atomic E-state index is -1.19. The fourth-order valence-corrected chi connectivity index (χ4v) is 1.87. The summed E-state index contributed by atoms with van der Waals surface area (Å²) in [5, 5.41) is 18.2. The first-order valence-electron chi connectivity index (χ1n) is 7.02. The third kappa shape index (κ3) is 4.23. The molecule has 0 aliphatic heterocycles. The van der Waals surface area contributed by atoms with Crippen LogP contribution in [0, 0.1) is 0 Å². The number of hydrogen-bond donors (Lipinski definition) is 2. The summed E-state index contributed by atoms with van der Waals surface area (Å²) >= 11 is 0. The van der Waals surface area contributed by atoms with Crippen molar-refractivity contribution in [3.8, 4) is 17.2 Å². The molecule has 2 aromatic rings. The molecule has 0 fully saturated rings. The molecule has 0 spiro atoms. The highest BCUT2D eigenvalue weighted by atomic mass is 16.5. The van der Waals surface area contributed by atoms with E-state index in [-0.39, 0.29) is 16.9 Å². The first-order chi connectivity index (χ1) is 11.0. The number of benzene rings is 2. The van der Waals surface area contributed by atoms with Crippen molar-refractivity contribution in [3.63, 3.8) is 0 Å². The van der Waals surface area contributed by atoms with Gasteiger partial charge in [-0.1, -0.05) is 6.92 Å². The van der Waals surface area contributed by atoms with Gasteiger partial charge >= 0.3 is 11.9 Å². The maximum atomic E-state index is 11.2. The zero-order chi connectivity index (χ0) is 16.8. The van der Waals surface area contributed by atoms with Gasteiger partial charge < -0.3 is 19.7 Å². The third-order valence-electron chi connectivity index (χ3n) is 2.98. The second kappa shape index (κ2) is 7.31. The molecule has 0 unspecified atom stereocenters. The normalized spacial score (nSPS) is 10.1. The van der Waals surface area contributed by atoms with Crippen molar-refractivity contribution in [1.82, 2.24) is 0 Å². The van der Waals surface area contributed by atoms with Crippen molar-refractivity contribution < 1.29 is 29.3 Å². The molecule has 6 heteroatoms. The molecular weight excluding hydrogens is 300 g/mol. The van der Waals surface area contributed by atoms with Crippen LogP contribution in [-0.2, 0) is 0 Å². The van der Waals surface area contributed by atoms with E-state index in [1.54, 1.807) is 24.3 Å². The molecule has 120 valence electrons. The Balaban J connectivity index is 2.25.